The van der Waals surface area contributed by atoms with Crippen LogP contribution in [0.1, 0.15) is 45.1 Å². The molecule has 3 nitrogen and oxygen atoms in total. The molecule has 0 heterocycles. The summed E-state index contributed by atoms with van der Waals surface area (Å²) < 4.78 is 66.8. The monoisotopic (exact) mass is 369 g/mol. The van der Waals surface area contributed by atoms with Gasteiger partial charge in [-0.15, -0.1) is 0 Å². The number of sulfonamides is 1. The lowest BCUT2D eigenvalue weighted by molar-refractivity contribution is -0.139. The third-order valence-corrected chi connectivity index (χ3v) is 6.42. The van der Waals surface area contributed by atoms with E-state index in [1.165, 1.54) is 10.4 Å². The maximum Gasteiger partial charge on any atom is 0.417 e. The van der Waals surface area contributed by atoms with Gasteiger partial charge >= 0.3 is 6.18 Å². The lowest BCUT2D eigenvalue weighted by atomic mass is 10.2. The van der Waals surface area contributed by atoms with Crippen molar-refractivity contribution >= 4 is 21.6 Å². The average molecular weight is 370 g/mol. The van der Waals surface area contributed by atoms with Crippen molar-refractivity contribution in [2.45, 2.75) is 62.7 Å². The predicted molar refractivity (Wildman–Crippen MR) is 82.9 cm³/mol. The van der Waals surface area contributed by atoms with Gasteiger partial charge in [0.1, 0.15) is 0 Å². The Labute approximate surface area is 139 Å². The summed E-state index contributed by atoms with van der Waals surface area (Å²) in [5.74, 6) is 0. The molecule has 0 atom stereocenters. The van der Waals surface area contributed by atoms with Crippen molar-refractivity contribution in [3.8, 4) is 0 Å². The molecular weight excluding hydrogens is 351 g/mol. The second-order valence-corrected chi connectivity index (χ2v) is 8.25. The summed E-state index contributed by atoms with van der Waals surface area (Å²) in [6, 6.07) is 2.13. The van der Waals surface area contributed by atoms with E-state index in [1.807, 2.05) is 0 Å². The van der Waals surface area contributed by atoms with Crippen LogP contribution < -0.4 is 0 Å². The lowest BCUT2D eigenvalue weighted by Crippen LogP contribution is -2.44. The molecule has 23 heavy (non-hydrogen) atoms. The molecule has 0 amide bonds. The first-order chi connectivity index (χ1) is 10.5. The van der Waals surface area contributed by atoms with E-state index in [0.29, 0.717) is 18.9 Å². The fourth-order valence-electron chi connectivity index (χ4n) is 3.12. The molecule has 0 bridgehead atoms. The molecule has 0 N–H and O–H groups in total. The minimum absolute atomic E-state index is 0.145. The van der Waals surface area contributed by atoms with Crippen LogP contribution in [0.2, 0.25) is 5.02 Å². The molecule has 0 aromatic heterocycles. The number of benzene rings is 1. The molecule has 0 radical (unpaired) electrons. The van der Waals surface area contributed by atoms with Gasteiger partial charge in [0, 0.05) is 17.1 Å². The van der Waals surface area contributed by atoms with Crippen LogP contribution in [0.4, 0.5) is 13.2 Å². The highest BCUT2D eigenvalue weighted by Crippen LogP contribution is 2.39. The van der Waals surface area contributed by atoms with Gasteiger partial charge in [0.15, 0.2) is 0 Å². The van der Waals surface area contributed by atoms with Crippen LogP contribution in [0, 0.1) is 0 Å². The molecule has 8 heteroatoms. The number of hydrogen-bond donors (Lipinski definition) is 0. The van der Waals surface area contributed by atoms with Crippen molar-refractivity contribution in [1.82, 2.24) is 4.31 Å². The third-order valence-electron chi connectivity index (χ3n) is 4.00. The number of hydrogen-bond acceptors (Lipinski definition) is 2. The molecule has 1 aromatic carbocycles. The number of nitrogens with zero attached hydrogens (tertiary/aromatic N) is 1. The van der Waals surface area contributed by atoms with E-state index in [1.54, 1.807) is 13.8 Å². The van der Waals surface area contributed by atoms with Crippen LogP contribution in [0.15, 0.2) is 23.1 Å². The fourth-order valence-corrected chi connectivity index (χ4v) is 5.37. The highest BCUT2D eigenvalue weighted by Gasteiger charge is 2.42. The van der Waals surface area contributed by atoms with Gasteiger partial charge in [0.2, 0.25) is 10.0 Å². The summed E-state index contributed by atoms with van der Waals surface area (Å²) in [5.41, 5.74) is -1.21. The van der Waals surface area contributed by atoms with Gasteiger partial charge in [-0.3, -0.25) is 0 Å². The molecule has 1 saturated carbocycles. The van der Waals surface area contributed by atoms with Crippen molar-refractivity contribution in [2.24, 2.45) is 0 Å². The highest BCUT2D eigenvalue weighted by molar-refractivity contribution is 7.89. The second-order valence-electron chi connectivity index (χ2n) is 6.01. The molecule has 1 aromatic rings. The summed E-state index contributed by atoms with van der Waals surface area (Å²) >= 11 is 5.63. The second kappa shape index (κ2) is 6.61. The van der Waals surface area contributed by atoms with Gasteiger partial charge in [0.25, 0.3) is 0 Å². The Kier molecular flexibility index (Phi) is 5.33. The normalized spacial score (nSPS) is 17.4. The summed E-state index contributed by atoms with van der Waals surface area (Å²) in [6.07, 6.45) is -1.67. The molecule has 0 spiro atoms. The molecule has 2 rings (SSSR count). The van der Waals surface area contributed by atoms with Crippen molar-refractivity contribution in [3.05, 3.63) is 28.8 Å². The smallest absolute Gasteiger partial charge is 0.207 e. The maximum absolute atomic E-state index is 13.3. The van der Waals surface area contributed by atoms with E-state index >= 15 is 0 Å². The van der Waals surface area contributed by atoms with Gasteiger partial charge < -0.3 is 0 Å². The largest absolute Gasteiger partial charge is 0.417 e. The van der Waals surface area contributed by atoms with Crippen molar-refractivity contribution in [3.63, 3.8) is 0 Å². The Hall–Kier alpha value is -0.790. The Bertz CT molecular complexity index is 668. The fraction of sp³-hybridized carbons (Fsp3) is 0.600. The molecule has 130 valence electrons. The Balaban J connectivity index is 2.58. The predicted octanol–water partition coefficient (Wildman–Crippen LogP) is 4.70. The van der Waals surface area contributed by atoms with Gasteiger partial charge in [-0.1, -0.05) is 24.4 Å². The van der Waals surface area contributed by atoms with E-state index < -0.39 is 32.7 Å². The van der Waals surface area contributed by atoms with Crippen LogP contribution in [0.5, 0.6) is 0 Å². The lowest BCUT2D eigenvalue weighted by Gasteiger charge is -2.32. The van der Waals surface area contributed by atoms with E-state index in [9.17, 15) is 21.6 Å². The van der Waals surface area contributed by atoms with Gasteiger partial charge in [-0.25, -0.2) is 8.42 Å². The number of halogens is 4. The zero-order valence-electron chi connectivity index (χ0n) is 12.9. The van der Waals surface area contributed by atoms with Gasteiger partial charge in [-0.2, -0.15) is 17.5 Å². The number of rotatable bonds is 4. The molecular formula is C15H19ClF3NO2S. The van der Waals surface area contributed by atoms with Crippen LogP contribution in [-0.4, -0.2) is 24.8 Å². The van der Waals surface area contributed by atoms with E-state index in [-0.39, 0.29) is 11.1 Å². The van der Waals surface area contributed by atoms with E-state index in [4.69, 9.17) is 11.6 Å². The quantitative estimate of drug-likeness (QED) is 0.771. The Morgan fingerprint density at radius 3 is 2.26 bits per heavy atom. The van der Waals surface area contributed by atoms with Crippen molar-refractivity contribution in [2.75, 3.05) is 0 Å². The van der Waals surface area contributed by atoms with E-state index in [0.717, 1.165) is 18.9 Å². The maximum atomic E-state index is 13.3. The first-order valence-electron chi connectivity index (χ1n) is 7.45. The Morgan fingerprint density at radius 2 is 1.78 bits per heavy atom. The van der Waals surface area contributed by atoms with Crippen LogP contribution in [-0.2, 0) is 16.2 Å². The topological polar surface area (TPSA) is 37.4 Å². The SMILES string of the molecule is CC(C)N(C1CCCC1)S(=O)(=O)c1ccc(Cl)cc1C(F)(F)F. The van der Waals surface area contributed by atoms with E-state index in [2.05, 4.69) is 0 Å². The number of alkyl halides is 3. The molecule has 1 fully saturated rings. The van der Waals surface area contributed by atoms with Gasteiger partial charge in [0.05, 0.1) is 10.5 Å². The summed E-state index contributed by atoms with van der Waals surface area (Å²) in [6.45, 7) is 3.36. The minimum Gasteiger partial charge on any atom is -0.207 e. The van der Waals surface area contributed by atoms with Gasteiger partial charge in [-0.05, 0) is 44.9 Å². The summed E-state index contributed by atoms with van der Waals surface area (Å²) in [7, 11) is -4.26. The zero-order chi connectivity index (χ0) is 17.4. The van der Waals surface area contributed by atoms with Crippen LogP contribution in [0.25, 0.3) is 0 Å². The Morgan fingerprint density at radius 1 is 1.22 bits per heavy atom. The first-order valence-corrected chi connectivity index (χ1v) is 9.27. The van der Waals surface area contributed by atoms with Crippen molar-refractivity contribution in [1.29, 1.82) is 0 Å². The molecule has 0 saturated heterocycles. The third kappa shape index (κ3) is 3.83. The highest BCUT2D eigenvalue weighted by atomic mass is 35.5. The van der Waals surface area contributed by atoms with Crippen LogP contribution in [0.3, 0.4) is 0 Å². The average Bonchev–Trinajstić information content (AvgIpc) is 2.90. The minimum atomic E-state index is -4.79. The summed E-state index contributed by atoms with van der Waals surface area (Å²) in [4.78, 5) is -0.727. The standard InChI is InChI=1S/C15H19ClF3NO2S/c1-10(2)20(12-5-3-4-6-12)23(21,22)14-8-7-11(16)9-13(14)15(17,18)19/h7-10,12H,3-6H2,1-2H3. The summed E-state index contributed by atoms with van der Waals surface area (Å²) in [5, 5.41) is -0.145. The zero-order valence-corrected chi connectivity index (χ0v) is 14.5. The first kappa shape index (κ1) is 18.5. The van der Waals surface area contributed by atoms with Crippen LogP contribution >= 0.6 is 11.6 Å². The molecule has 1 aliphatic rings. The van der Waals surface area contributed by atoms with Crippen molar-refractivity contribution < 1.29 is 21.6 Å². The molecule has 0 unspecified atom stereocenters. The molecule has 0 aliphatic heterocycles. The molecule has 1 aliphatic carbocycles.